The Bertz CT molecular complexity index is 316. The number of aromatic nitrogens is 3. The zero-order valence-corrected chi connectivity index (χ0v) is 8.03. The molecule has 1 aliphatic rings. The highest BCUT2D eigenvalue weighted by atomic mass is 16.2. The van der Waals surface area contributed by atoms with Gasteiger partial charge in [-0.15, -0.1) is 0 Å². The lowest BCUT2D eigenvalue weighted by atomic mass is 9.95. The van der Waals surface area contributed by atoms with Gasteiger partial charge in [-0.3, -0.25) is 4.79 Å². The van der Waals surface area contributed by atoms with E-state index in [0.717, 1.165) is 13.1 Å². The van der Waals surface area contributed by atoms with Crippen LogP contribution < -0.4 is 10.6 Å². The topological polar surface area (TPSA) is 71.8 Å². The second kappa shape index (κ2) is 3.38. The first kappa shape index (κ1) is 9.14. The van der Waals surface area contributed by atoms with Gasteiger partial charge in [-0.2, -0.15) is 5.10 Å². The summed E-state index contributed by atoms with van der Waals surface area (Å²) < 4.78 is 1.50. The van der Waals surface area contributed by atoms with Crippen molar-refractivity contribution in [2.45, 2.75) is 19.0 Å². The molecule has 2 rings (SSSR count). The van der Waals surface area contributed by atoms with Crippen molar-refractivity contribution in [2.24, 2.45) is 0 Å². The summed E-state index contributed by atoms with van der Waals surface area (Å²) in [4.78, 5) is 15.3. The molecule has 1 aliphatic heterocycles. The molecule has 1 aromatic rings. The summed E-state index contributed by atoms with van der Waals surface area (Å²) in [6.07, 6.45) is 2.95. The minimum atomic E-state index is -0.0857. The van der Waals surface area contributed by atoms with Crippen LogP contribution in [0.2, 0.25) is 0 Å². The van der Waals surface area contributed by atoms with Gasteiger partial charge in [0.2, 0.25) is 5.91 Å². The van der Waals surface area contributed by atoms with E-state index in [4.69, 9.17) is 0 Å². The van der Waals surface area contributed by atoms with Crippen molar-refractivity contribution in [1.82, 2.24) is 25.4 Å². The van der Waals surface area contributed by atoms with Gasteiger partial charge in [0.1, 0.15) is 19.2 Å². The van der Waals surface area contributed by atoms with Gasteiger partial charge in [-0.25, -0.2) is 9.67 Å². The number of hydrogen-bond donors (Lipinski definition) is 2. The van der Waals surface area contributed by atoms with Crippen LogP contribution >= 0.6 is 0 Å². The van der Waals surface area contributed by atoms with Crippen molar-refractivity contribution >= 4 is 5.91 Å². The highest BCUT2D eigenvalue weighted by Gasteiger charge is 2.32. The van der Waals surface area contributed by atoms with Crippen LogP contribution in [0, 0.1) is 0 Å². The van der Waals surface area contributed by atoms with E-state index in [9.17, 15) is 4.79 Å². The van der Waals surface area contributed by atoms with E-state index in [2.05, 4.69) is 20.7 Å². The summed E-state index contributed by atoms with van der Waals surface area (Å²) in [5.41, 5.74) is -0.0857. The smallest absolute Gasteiger partial charge is 0.242 e. The van der Waals surface area contributed by atoms with Crippen LogP contribution in [0.3, 0.4) is 0 Å². The van der Waals surface area contributed by atoms with Crippen LogP contribution in [-0.2, 0) is 11.3 Å². The van der Waals surface area contributed by atoms with E-state index in [0.29, 0.717) is 0 Å². The predicted octanol–water partition coefficient (Wildman–Crippen LogP) is -1.24. The lowest BCUT2D eigenvalue weighted by molar-refractivity contribution is -0.124. The third-order valence-corrected chi connectivity index (χ3v) is 2.24. The second-order valence-corrected chi connectivity index (χ2v) is 3.81. The molecule has 0 aliphatic carbocycles. The normalized spacial score (nSPS) is 18.6. The molecule has 2 heterocycles. The van der Waals surface area contributed by atoms with Crippen LogP contribution in [-0.4, -0.2) is 39.3 Å². The number of nitrogens with zero attached hydrogens (tertiary/aromatic N) is 3. The Labute approximate surface area is 81.7 Å². The van der Waals surface area contributed by atoms with E-state index in [1.165, 1.54) is 17.3 Å². The number of carbonyl (C=O) groups is 1. The highest BCUT2D eigenvalue weighted by Crippen LogP contribution is 2.08. The van der Waals surface area contributed by atoms with Crippen molar-refractivity contribution in [3.63, 3.8) is 0 Å². The molecule has 0 unspecified atom stereocenters. The molecule has 0 bridgehead atoms. The Balaban J connectivity index is 1.84. The molecule has 6 heteroatoms. The fourth-order valence-corrected chi connectivity index (χ4v) is 1.43. The number of carbonyl (C=O) groups excluding carboxylic acids is 1. The summed E-state index contributed by atoms with van der Waals surface area (Å²) in [7, 11) is 0. The lowest BCUT2D eigenvalue weighted by Gasteiger charge is -2.39. The van der Waals surface area contributed by atoms with Crippen molar-refractivity contribution in [3.8, 4) is 0 Å². The maximum atomic E-state index is 11.5. The average molecular weight is 195 g/mol. The number of rotatable bonds is 3. The maximum absolute atomic E-state index is 11.5. The van der Waals surface area contributed by atoms with E-state index < -0.39 is 0 Å². The molecule has 14 heavy (non-hydrogen) atoms. The van der Waals surface area contributed by atoms with Crippen LogP contribution in [0.5, 0.6) is 0 Å². The van der Waals surface area contributed by atoms with Crippen molar-refractivity contribution in [3.05, 3.63) is 12.7 Å². The maximum Gasteiger partial charge on any atom is 0.242 e. The zero-order valence-electron chi connectivity index (χ0n) is 8.03. The molecule has 1 saturated heterocycles. The highest BCUT2D eigenvalue weighted by molar-refractivity contribution is 5.76. The molecule has 1 amide bonds. The lowest BCUT2D eigenvalue weighted by Crippen LogP contribution is -2.67. The first-order valence-electron chi connectivity index (χ1n) is 4.52. The van der Waals surface area contributed by atoms with Crippen LogP contribution in [0.25, 0.3) is 0 Å². The van der Waals surface area contributed by atoms with Gasteiger partial charge in [0.25, 0.3) is 0 Å². The minimum Gasteiger partial charge on any atom is -0.347 e. The Kier molecular flexibility index (Phi) is 2.20. The zero-order chi connectivity index (χ0) is 10.0. The molecular formula is C8H13N5O. The third-order valence-electron chi connectivity index (χ3n) is 2.24. The van der Waals surface area contributed by atoms with Crippen molar-refractivity contribution < 1.29 is 4.79 Å². The monoisotopic (exact) mass is 195 g/mol. The van der Waals surface area contributed by atoms with Crippen molar-refractivity contribution in [1.29, 1.82) is 0 Å². The summed E-state index contributed by atoms with van der Waals surface area (Å²) in [6, 6.07) is 0. The minimum absolute atomic E-state index is 0.0282. The molecule has 6 nitrogen and oxygen atoms in total. The molecule has 0 spiro atoms. The summed E-state index contributed by atoms with van der Waals surface area (Å²) >= 11 is 0. The average Bonchev–Trinajstić information content (AvgIpc) is 2.53. The molecule has 0 atom stereocenters. The van der Waals surface area contributed by atoms with Gasteiger partial charge >= 0.3 is 0 Å². The quantitative estimate of drug-likeness (QED) is 0.632. The molecule has 0 aromatic carbocycles. The van der Waals surface area contributed by atoms with E-state index in [-0.39, 0.29) is 18.0 Å². The van der Waals surface area contributed by atoms with Gasteiger partial charge in [-0.05, 0) is 6.92 Å². The van der Waals surface area contributed by atoms with E-state index >= 15 is 0 Å². The van der Waals surface area contributed by atoms with Crippen molar-refractivity contribution in [2.75, 3.05) is 13.1 Å². The molecular weight excluding hydrogens is 182 g/mol. The van der Waals surface area contributed by atoms with Gasteiger partial charge in [0.15, 0.2) is 0 Å². The Morgan fingerprint density at radius 3 is 3.00 bits per heavy atom. The van der Waals surface area contributed by atoms with Crippen LogP contribution in [0.15, 0.2) is 12.7 Å². The third kappa shape index (κ3) is 1.90. The molecule has 0 radical (unpaired) electrons. The summed E-state index contributed by atoms with van der Waals surface area (Å²) in [6.45, 7) is 3.91. The SMILES string of the molecule is CC1(NC(=O)Cn2cncn2)CNC1. The summed E-state index contributed by atoms with van der Waals surface area (Å²) in [5, 5.41) is 9.92. The molecule has 2 N–H and O–H groups in total. The van der Waals surface area contributed by atoms with Gasteiger partial charge in [-0.1, -0.05) is 0 Å². The largest absolute Gasteiger partial charge is 0.347 e. The van der Waals surface area contributed by atoms with Gasteiger partial charge in [0, 0.05) is 13.1 Å². The molecule has 76 valence electrons. The summed E-state index contributed by atoms with van der Waals surface area (Å²) in [5.74, 6) is -0.0282. The number of hydrogen-bond acceptors (Lipinski definition) is 4. The first-order chi connectivity index (χ1) is 6.68. The first-order valence-corrected chi connectivity index (χ1v) is 4.52. The fraction of sp³-hybridized carbons (Fsp3) is 0.625. The number of amides is 1. The standard InChI is InChI=1S/C8H13N5O/c1-8(3-9-4-8)12-7(14)2-13-6-10-5-11-13/h5-6,9H,2-4H2,1H3,(H,12,14). The van der Waals surface area contributed by atoms with Crippen LogP contribution in [0.1, 0.15) is 6.92 Å². The molecule has 0 saturated carbocycles. The van der Waals surface area contributed by atoms with Gasteiger partial charge in [0.05, 0.1) is 5.54 Å². The Morgan fingerprint density at radius 2 is 2.50 bits per heavy atom. The van der Waals surface area contributed by atoms with E-state index in [1.807, 2.05) is 6.92 Å². The predicted molar refractivity (Wildman–Crippen MR) is 49.4 cm³/mol. The Hall–Kier alpha value is -1.43. The molecule has 1 fully saturated rings. The fourth-order valence-electron chi connectivity index (χ4n) is 1.43. The second-order valence-electron chi connectivity index (χ2n) is 3.81. The molecule has 1 aromatic heterocycles. The van der Waals surface area contributed by atoms with Gasteiger partial charge < -0.3 is 10.6 Å². The number of nitrogens with one attached hydrogen (secondary N) is 2. The van der Waals surface area contributed by atoms with E-state index in [1.54, 1.807) is 0 Å². The Morgan fingerprint density at radius 1 is 1.71 bits per heavy atom. The van der Waals surface area contributed by atoms with Crippen LogP contribution in [0.4, 0.5) is 0 Å².